The molecule has 0 aliphatic heterocycles. The first kappa shape index (κ1) is 23.0. The molecule has 13 heteroatoms. The van der Waals surface area contributed by atoms with Crippen molar-refractivity contribution in [3.8, 4) is 11.5 Å². The van der Waals surface area contributed by atoms with Crippen LogP contribution in [0.15, 0.2) is 48.8 Å². The molecule has 0 bridgehead atoms. The highest BCUT2D eigenvalue weighted by atomic mass is 35.5. The zero-order chi connectivity index (χ0) is 23.4. The Balaban J connectivity index is 1.87. The number of nitro benzene ring substituents is 1. The van der Waals surface area contributed by atoms with Gasteiger partial charge in [0.15, 0.2) is 0 Å². The van der Waals surface area contributed by atoms with E-state index < -0.39 is 21.8 Å². The van der Waals surface area contributed by atoms with E-state index in [2.05, 4.69) is 10.4 Å². The van der Waals surface area contributed by atoms with Crippen molar-refractivity contribution in [1.82, 2.24) is 9.78 Å². The van der Waals surface area contributed by atoms with Gasteiger partial charge in [-0.15, -0.1) is 0 Å². The molecule has 2 aromatic carbocycles. The summed E-state index contributed by atoms with van der Waals surface area (Å²) < 4.78 is 6.80. The minimum absolute atomic E-state index is 0.0569. The topological polar surface area (TPSA) is 142 Å². The Morgan fingerprint density at radius 2 is 1.88 bits per heavy atom. The fraction of sp³-hybridized carbons (Fsp3) is 0.158. The Morgan fingerprint density at radius 3 is 2.47 bits per heavy atom. The van der Waals surface area contributed by atoms with Gasteiger partial charge in [-0.05, 0) is 24.6 Å². The number of nitrogens with one attached hydrogen (secondary N) is 1. The molecule has 1 N–H and O–H groups in total. The van der Waals surface area contributed by atoms with Gasteiger partial charge in [-0.2, -0.15) is 5.10 Å². The summed E-state index contributed by atoms with van der Waals surface area (Å²) in [6.45, 7) is 1.70. The SMILES string of the molecule is CCC(C(=O)Nc1cc(Oc2ccc(Cl)cc2Cl)cc([N+](=O)[O-])c1)n1cc([N+](=O)[O-])cn1. The van der Waals surface area contributed by atoms with Crippen molar-refractivity contribution in [2.45, 2.75) is 19.4 Å². The van der Waals surface area contributed by atoms with Gasteiger partial charge in [0.25, 0.3) is 5.69 Å². The molecule has 0 aliphatic carbocycles. The molecule has 166 valence electrons. The average molecular weight is 480 g/mol. The summed E-state index contributed by atoms with van der Waals surface area (Å²) in [5.41, 5.74) is -0.503. The zero-order valence-electron chi connectivity index (χ0n) is 16.4. The van der Waals surface area contributed by atoms with Crippen LogP contribution in [0, 0.1) is 20.2 Å². The van der Waals surface area contributed by atoms with E-state index >= 15 is 0 Å². The van der Waals surface area contributed by atoms with Gasteiger partial charge >= 0.3 is 5.69 Å². The maximum absolute atomic E-state index is 12.8. The fourth-order valence-corrected chi connectivity index (χ4v) is 3.26. The number of aromatic nitrogens is 2. The van der Waals surface area contributed by atoms with Crippen LogP contribution < -0.4 is 10.1 Å². The van der Waals surface area contributed by atoms with Crippen LogP contribution in [0.25, 0.3) is 0 Å². The molecule has 0 fully saturated rings. The molecule has 3 aromatic rings. The third-order valence-corrected chi connectivity index (χ3v) is 4.83. The van der Waals surface area contributed by atoms with E-state index in [1.54, 1.807) is 6.92 Å². The molecule has 1 unspecified atom stereocenters. The van der Waals surface area contributed by atoms with Crippen molar-refractivity contribution in [3.05, 3.63) is 79.1 Å². The number of non-ortho nitro benzene ring substituents is 1. The Kier molecular flexibility index (Phi) is 6.91. The van der Waals surface area contributed by atoms with Crippen LogP contribution in [0.1, 0.15) is 19.4 Å². The lowest BCUT2D eigenvalue weighted by molar-refractivity contribution is -0.385. The van der Waals surface area contributed by atoms with Crippen LogP contribution in [0.4, 0.5) is 17.1 Å². The zero-order valence-corrected chi connectivity index (χ0v) is 17.9. The highest BCUT2D eigenvalue weighted by molar-refractivity contribution is 6.35. The monoisotopic (exact) mass is 479 g/mol. The molecule has 1 aromatic heterocycles. The minimum atomic E-state index is -0.877. The number of anilines is 1. The summed E-state index contributed by atoms with van der Waals surface area (Å²) in [5.74, 6) is -0.299. The predicted octanol–water partition coefficient (Wildman–Crippen LogP) is 5.39. The van der Waals surface area contributed by atoms with E-state index in [1.165, 1.54) is 30.3 Å². The number of hydrogen-bond acceptors (Lipinski definition) is 7. The number of benzene rings is 2. The second kappa shape index (κ2) is 9.62. The fourth-order valence-electron chi connectivity index (χ4n) is 2.82. The standard InChI is InChI=1S/C19H15Cl2N5O6/c1-2-17(24-10-14(9-22-24)26(30)31)19(27)23-12-6-13(25(28)29)8-15(7-12)32-18-4-3-11(20)5-16(18)21/h3-10,17H,2H2,1H3,(H,23,27). The minimum Gasteiger partial charge on any atom is -0.455 e. The van der Waals surface area contributed by atoms with Gasteiger partial charge in [0.05, 0.1) is 26.6 Å². The molecule has 1 atom stereocenters. The number of nitro groups is 2. The summed E-state index contributed by atoms with van der Waals surface area (Å²) >= 11 is 11.9. The highest BCUT2D eigenvalue weighted by Crippen LogP contribution is 2.35. The van der Waals surface area contributed by atoms with Gasteiger partial charge in [0.2, 0.25) is 5.91 Å². The van der Waals surface area contributed by atoms with E-state index in [0.29, 0.717) is 5.02 Å². The van der Waals surface area contributed by atoms with Crippen molar-refractivity contribution in [2.24, 2.45) is 0 Å². The first-order chi connectivity index (χ1) is 15.2. The number of amides is 1. The summed E-state index contributed by atoms with van der Waals surface area (Å²) in [7, 11) is 0. The Hall–Kier alpha value is -3.70. The predicted molar refractivity (Wildman–Crippen MR) is 116 cm³/mol. The molecule has 32 heavy (non-hydrogen) atoms. The van der Waals surface area contributed by atoms with Crippen molar-refractivity contribution in [1.29, 1.82) is 0 Å². The molecule has 0 saturated heterocycles. The molecule has 0 spiro atoms. The maximum atomic E-state index is 12.8. The smallest absolute Gasteiger partial charge is 0.307 e. The van der Waals surface area contributed by atoms with Gasteiger partial charge in [0.1, 0.15) is 29.9 Å². The molecule has 0 saturated carbocycles. The first-order valence-electron chi connectivity index (χ1n) is 9.09. The maximum Gasteiger partial charge on any atom is 0.307 e. The number of ether oxygens (including phenoxy) is 1. The quantitative estimate of drug-likeness (QED) is 0.336. The summed E-state index contributed by atoms with van der Waals surface area (Å²) in [5, 5.41) is 29.2. The molecule has 0 radical (unpaired) electrons. The second-order valence-electron chi connectivity index (χ2n) is 6.50. The highest BCUT2D eigenvalue weighted by Gasteiger charge is 2.23. The summed E-state index contributed by atoms with van der Waals surface area (Å²) in [6, 6.07) is 7.33. The first-order valence-corrected chi connectivity index (χ1v) is 9.85. The molecule has 11 nitrogen and oxygen atoms in total. The Labute approximate surface area is 190 Å². The van der Waals surface area contributed by atoms with E-state index in [1.807, 2.05) is 0 Å². The lowest BCUT2D eigenvalue weighted by Gasteiger charge is -2.16. The van der Waals surface area contributed by atoms with Crippen LogP contribution in [-0.2, 0) is 4.79 Å². The molecule has 3 rings (SSSR count). The van der Waals surface area contributed by atoms with Gasteiger partial charge in [-0.25, -0.2) is 0 Å². The molecule has 0 aliphatic rings. The van der Waals surface area contributed by atoms with Gasteiger partial charge < -0.3 is 10.1 Å². The van der Waals surface area contributed by atoms with Crippen LogP contribution >= 0.6 is 23.2 Å². The van der Waals surface area contributed by atoms with Crippen LogP contribution in [0.3, 0.4) is 0 Å². The van der Waals surface area contributed by atoms with E-state index in [4.69, 9.17) is 27.9 Å². The summed E-state index contributed by atoms with van der Waals surface area (Å²) in [4.78, 5) is 33.7. The van der Waals surface area contributed by atoms with Crippen LogP contribution in [0.2, 0.25) is 10.0 Å². The van der Waals surface area contributed by atoms with Crippen LogP contribution in [-0.4, -0.2) is 25.5 Å². The third kappa shape index (κ3) is 5.31. The van der Waals surface area contributed by atoms with Crippen molar-refractivity contribution in [3.63, 3.8) is 0 Å². The van der Waals surface area contributed by atoms with E-state index in [9.17, 15) is 25.0 Å². The van der Waals surface area contributed by atoms with Crippen LogP contribution in [0.5, 0.6) is 11.5 Å². The van der Waals surface area contributed by atoms with Crippen molar-refractivity contribution < 1.29 is 19.4 Å². The second-order valence-corrected chi connectivity index (χ2v) is 7.34. The van der Waals surface area contributed by atoms with Gasteiger partial charge in [-0.1, -0.05) is 30.1 Å². The number of halogens is 2. The number of nitrogens with zero attached hydrogens (tertiary/aromatic N) is 4. The average Bonchev–Trinajstić information content (AvgIpc) is 3.20. The Bertz CT molecular complexity index is 1200. The number of hydrogen-bond donors (Lipinski definition) is 1. The lowest BCUT2D eigenvalue weighted by Crippen LogP contribution is -2.26. The lowest BCUT2D eigenvalue weighted by atomic mass is 10.2. The molecule has 1 heterocycles. The number of carbonyl (C=O) groups excluding carboxylic acids is 1. The Morgan fingerprint density at radius 1 is 1.16 bits per heavy atom. The molecule has 1 amide bonds. The van der Waals surface area contributed by atoms with Gasteiger partial charge in [-0.3, -0.25) is 29.7 Å². The number of rotatable bonds is 8. The number of carbonyl (C=O) groups is 1. The molecular formula is C19H15Cl2N5O6. The van der Waals surface area contributed by atoms with E-state index in [-0.39, 0.29) is 40.0 Å². The van der Waals surface area contributed by atoms with Crippen molar-refractivity contribution >= 4 is 46.2 Å². The molecular weight excluding hydrogens is 465 g/mol. The van der Waals surface area contributed by atoms with E-state index in [0.717, 1.165) is 23.1 Å². The third-order valence-electron chi connectivity index (χ3n) is 4.30. The van der Waals surface area contributed by atoms with Gasteiger partial charge in [0, 0.05) is 17.2 Å². The normalized spacial score (nSPS) is 11.6. The van der Waals surface area contributed by atoms with Crippen molar-refractivity contribution in [2.75, 3.05) is 5.32 Å². The largest absolute Gasteiger partial charge is 0.455 e. The summed E-state index contributed by atoms with van der Waals surface area (Å²) in [6.07, 6.45) is 2.44.